The summed E-state index contributed by atoms with van der Waals surface area (Å²) in [7, 11) is -3.77. The zero-order chi connectivity index (χ0) is 24.6. The van der Waals surface area contributed by atoms with E-state index in [9.17, 15) is 26.4 Å². The number of ether oxygens (including phenoxy) is 1. The Bertz CT molecular complexity index is 1080. The first-order chi connectivity index (χ1) is 15.4. The van der Waals surface area contributed by atoms with Gasteiger partial charge in [0.2, 0.25) is 10.0 Å². The molecule has 2 N–H and O–H groups in total. The topological polar surface area (TPSA) is 92.7 Å². The molecule has 33 heavy (non-hydrogen) atoms. The van der Waals surface area contributed by atoms with Crippen LogP contribution in [-0.4, -0.2) is 25.2 Å². The maximum Gasteiger partial charge on any atom is 0.416 e. The third-order valence-electron chi connectivity index (χ3n) is 4.56. The second-order valence-corrected chi connectivity index (χ2v) is 9.71. The van der Waals surface area contributed by atoms with Gasteiger partial charge in [-0.2, -0.15) is 13.2 Å². The van der Waals surface area contributed by atoms with Gasteiger partial charge in [0.05, 0.1) is 17.0 Å². The number of benzene rings is 2. The summed E-state index contributed by atoms with van der Waals surface area (Å²) in [6.07, 6.45) is -1.12. The highest BCUT2D eigenvalue weighted by atomic mass is 32.2. The van der Waals surface area contributed by atoms with Gasteiger partial charge in [0.25, 0.3) is 0 Å². The molecular formula is C23H26F3NO5S. The number of alkyl halides is 3. The van der Waals surface area contributed by atoms with Crippen molar-refractivity contribution < 1.29 is 36.2 Å². The SMILES string of the molecule is CC(C)CCCS(=O)(=O)Nc1ccc(C(F)(F)F)cc1OCc1ccc(C=CC(=O)O)cc1. The molecule has 2 aromatic rings. The second kappa shape index (κ2) is 11.2. The van der Waals surface area contributed by atoms with Crippen LogP contribution >= 0.6 is 0 Å². The Balaban J connectivity index is 2.20. The molecule has 0 atom stereocenters. The molecular weight excluding hydrogens is 459 g/mol. The summed E-state index contributed by atoms with van der Waals surface area (Å²) in [5.74, 6) is -1.16. The Hall–Kier alpha value is -3.01. The summed E-state index contributed by atoms with van der Waals surface area (Å²) in [6.45, 7) is 3.82. The quantitative estimate of drug-likeness (QED) is 0.407. The van der Waals surface area contributed by atoms with E-state index in [1.165, 1.54) is 6.08 Å². The predicted molar refractivity (Wildman–Crippen MR) is 120 cm³/mol. The van der Waals surface area contributed by atoms with Crippen LogP contribution in [0.3, 0.4) is 0 Å². The molecule has 0 spiro atoms. The van der Waals surface area contributed by atoms with E-state index in [1.54, 1.807) is 24.3 Å². The van der Waals surface area contributed by atoms with E-state index in [1.807, 2.05) is 13.8 Å². The molecule has 10 heteroatoms. The number of sulfonamides is 1. The second-order valence-electron chi connectivity index (χ2n) is 7.87. The van der Waals surface area contributed by atoms with Crippen LogP contribution in [0, 0.1) is 5.92 Å². The number of aliphatic carboxylic acids is 1. The molecule has 0 heterocycles. The summed E-state index contributed by atoms with van der Waals surface area (Å²) < 4.78 is 72.2. The van der Waals surface area contributed by atoms with Crippen molar-refractivity contribution in [3.8, 4) is 5.75 Å². The molecule has 0 amide bonds. The fourth-order valence-electron chi connectivity index (χ4n) is 2.86. The van der Waals surface area contributed by atoms with Crippen molar-refractivity contribution in [2.24, 2.45) is 5.92 Å². The van der Waals surface area contributed by atoms with Crippen LogP contribution in [0.4, 0.5) is 18.9 Å². The highest BCUT2D eigenvalue weighted by Gasteiger charge is 2.31. The standard InChI is InChI=1S/C23H26F3NO5S/c1-16(2)4-3-13-33(30,31)27-20-11-10-19(23(24,25)26)14-21(20)32-15-18-7-5-17(6-8-18)9-12-22(28)29/h5-12,14,16,27H,3-4,13,15H2,1-2H3,(H,28,29). The van der Waals surface area contributed by atoms with Crippen LogP contribution in [0.15, 0.2) is 48.5 Å². The number of hydrogen-bond donors (Lipinski definition) is 2. The minimum atomic E-state index is -4.62. The minimum Gasteiger partial charge on any atom is -0.487 e. The van der Waals surface area contributed by atoms with Crippen LogP contribution in [0.1, 0.15) is 43.4 Å². The van der Waals surface area contributed by atoms with Crippen molar-refractivity contribution in [1.29, 1.82) is 0 Å². The molecule has 6 nitrogen and oxygen atoms in total. The van der Waals surface area contributed by atoms with E-state index in [0.717, 1.165) is 24.3 Å². The summed E-state index contributed by atoms with van der Waals surface area (Å²) >= 11 is 0. The lowest BCUT2D eigenvalue weighted by atomic mass is 10.1. The first kappa shape index (κ1) is 26.2. The van der Waals surface area contributed by atoms with E-state index < -0.39 is 27.7 Å². The molecule has 0 fully saturated rings. The molecule has 0 bridgehead atoms. The van der Waals surface area contributed by atoms with Crippen molar-refractivity contribution in [2.45, 2.75) is 39.5 Å². The van der Waals surface area contributed by atoms with Crippen molar-refractivity contribution >= 4 is 27.8 Å². The number of halogens is 3. The highest BCUT2D eigenvalue weighted by Crippen LogP contribution is 2.36. The van der Waals surface area contributed by atoms with Gasteiger partial charge in [0, 0.05) is 6.08 Å². The number of carbonyl (C=O) groups is 1. The lowest BCUT2D eigenvalue weighted by Crippen LogP contribution is -2.18. The number of hydrogen-bond acceptors (Lipinski definition) is 4. The van der Waals surface area contributed by atoms with Crippen molar-refractivity contribution in [3.63, 3.8) is 0 Å². The lowest BCUT2D eigenvalue weighted by molar-refractivity contribution is -0.137. The molecule has 180 valence electrons. The van der Waals surface area contributed by atoms with E-state index in [0.29, 0.717) is 29.9 Å². The van der Waals surface area contributed by atoms with Crippen LogP contribution in [0.25, 0.3) is 6.08 Å². The fraction of sp³-hybridized carbons (Fsp3) is 0.348. The van der Waals surface area contributed by atoms with Crippen LogP contribution in [0.5, 0.6) is 5.75 Å². The Morgan fingerprint density at radius 2 is 1.82 bits per heavy atom. The van der Waals surface area contributed by atoms with Crippen LogP contribution in [-0.2, 0) is 27.6 Å². The molecule has 0 radical (unpaired) electrons. The normalized spacial score (nSPS) is 12.3. The lowest BCUT2D eigenvalue weighted by Gasteiger charge is -2.16. The molecule has 0 aliphatic heterocycles. The molecule has 0 unspecified atom stereocenters. The average Bonchev–Trinajstić information content (AvgIpc) is 2.70. The van der Waals surface area contributed by atoms with Gasteiger partial charge in [-0.05, 0) is 54.2 Å². The number of rotatable bonds is 11. The van der Waals surface area contributed by atoms with Gasteiger partial charge >= 0.3 is 12.1 Å². The molecule has 2 rings (SSSR count). The third-order valence-corrected chi connectivity index (χ3v) is 5.92. The van der Waals surface area contributed by atoms with Gasteiger partial charge in [-0.15, -0.1) is 0 Å². The van der Waals surface area contributed by atoms with E-state index in [2.05, 4.69) is 4.72 Å². The molecule has 0 aliphatic rings. The highest BCUT2D eigenvalue weighted by molar-refractivity contribution is 7.92. The van der Waals surface area contributed by atoms with Crippen molar-refractivity contribution in [2.75, 3.05) is 10.5 Å². The number of anilines is 1. The van der Waals surface area contributed by atoms with Gasteiger partial charge in [-0.25, -0.2) is 13.2 Å². The largest absolute Gasteiger partial charge is 0.487 e. The summed E-state index contributed by atoms with van der Waals surface area (Å²) in [5.41, 5.74) is 0.184. The van der Waals surface area contributed by atoms with E-state index in [-0.39, 0.29) is 23.8 Å². The minimum absolute atomic E-state index is 0.0754. The number of nitrogens with one attached hydrogen (secondary N) is 1. The van der Waals surface area contributed by atoms with E-state index >= 15 is 0 Å². The monoisotopic (exact) mass is 485 g/mol. The van der Waals surface area contributed by atoms with Crippen LogP contribution < -0.4 is 9.46 Å². The molecule has 0 aliphatic carbocycles. The Labute approximate surface area is 191 Å². The number of carboxylic acid groups (broad SMARTS) is 1. The first-order valence-electron chi connectivity index (χ1n) is 10.2. The maximum atomic E-state index is 13.2. The predicted octanol–water partition coefficient (Wildman–Crippen LogP) is 5.56. The van der Waals surface area contributed by atoms with Gasteiger partial charge in [0.15, 0.2) is 0 Å². The fourth-order valence-corrected chi connectivity index (χ4v) is 4.01. The Morgan fingerprint density at radius 1 is 1.15 bits per heavy atom. The molecule has 2 aromatic carbocycles. The summed E-state index contributed by atoms with van der Waals surface area (Å²) in [6, 6.07) is 9.11. The van der Waals surface area contributed by atoms with Gasteiger partial charge in [-0.1, -0.05) is 38.1 Å². The summed E-state index contributed by atoms with van der Waals surface area (Å²) in [4.78, 5) is 10.6. The average molecular weight is 486 g/mol. The zero-order valence-electron chi connectivity index (χ0n) is 18.2. The van der Waals surface area contributed by atoms with E-state index in [4.69, 9.17) is 9.84 Å². The molecule has 0 saturated heterocycles. The number of carboxylic acids is 1. The smallest absolute Gasteiger partial charge is 0.416 e. The zero-order valence-corrected chi connectivity index (χ0v) is 19.0. The molecule has 0 aromatic heterocycles. The van der Waals surface area contributed by atoms with Gasteiger partial charge in [-0.3, -0.25) is 4.72 Å². The van der Waals surface area contributed by atoms with Crippen molar-refractivity contribution in [1.82, 2.24) is 0 Å². The third kappa shape index (κ3) is 9.17. The van der Waals surface area contributed by atoms with Gasteiger partial charge < -0.3 is 9.84 Å². The van der Waals surface area contributed by atoms with Crippen LogP contribution in [0.2, 0.25) is 0 Å². The molecule has 0 saturated carbocycles. The Kier molecular flexibility index (Phi) is 8.92. The van der Waals surface area contributed by atoms with Crippen molar-refractivity contribution in [3.05, 3.63) is 65.2 Å². The maximum absolute atomic E-state index is 13.2. The van der Waals surface area contributed by atoms with Gasteiger partial charge in [0.1, 0.15) is 12.4 Å². The Morgan fingerprint density at radius 3 is 2.39 bits per heavy atom. The summed E-state index contributed by atoms with van der Waals surface area (Å²) in [5, 5.41) is 8.66. The first-order valence-corrected chi connectivity index (χ1v) is 11.9.